The molecule has 2 aromatic rings. The maximum Gasteiger partial charge on any atom is 0.337 e. The second-order valence-corrected chi connectivity index (χ2v) is 4.03. The Balaban J connectivity index is 2.47. The van der Waals surface area contributed by atoms with E-state index in [-0.39, 0.29) is 5.56 Å². The molecule has 1 heterocycles. The number of thiophene rings is 1. The van der Waals surface area contributed by atoms with Gasteiger partial charge in [0.2, 0.25) is 0 Å². The minimum atomic E-state index is -0.995. The number of nitrogens with two attached hydrogens (primary N) is 1. The van der Waals surface area contributed by atoms with Crippen LogP contribution in [-0.4, -0.2) is 11.1 Å². The zero-order valence-electron chi connectivity index (χ0n) is 7.81. The maximum atomic E-state index is 10.7. The van der Waals surface area contributed by atoms with E-state index in [4.69, 9.17) is 10.8 Å². The molecule has 3 nitrogen and oxygen atoms in total. The van der Waals surface area contributed by atoms with Crippen molar-refractivity contribution in [1.29, 1.82) is 0 Å². The summed E-state index contributed by atoms with van der Waals surface area (Å²) in [4.78, 5) is 11.8. The van der Waals surface area contributed by atoms with E-state index in [1.165, 1.54) is 6.07 Å². The largest absolute Gasteiger partial charge is 0.478 e. The number of nitrogen functional groups attached to an aromatic ring is 1. The lowest BCUT2D eigenvalue weighted by Crippen LogP contribution is -2.01. The van der Waals surface area contributed by atoms with Gasteiger partial charge in [0.1, 0.15) is 0 Å². The minimum Gasteiger partial charge on any atom is -0.478 e. The number of benzene rings is 1. The van der Waals surface area contributed by atoms with Gasteiger partial charge in [-0.3, -0.25) is 0 Å². The standard InChI is InChI=1S/C11H9NO2S/c12-9-6-7(10-2-1-5-15-10)3-4-8(9)11(13)14/h1-6H,12H2,(H,13,14). The van der Waals surface area contributed by atoms with E-state index in [0.29, 0.717) is 5.69 Å². The summed E-state index contributed by atoms with van der Waals surface area (Å²) in [5, 5.41) is 10.8. The van der Waals surface area contributed by atoms with E-state index >= 15 is 0 Å². The van der Waals surface area contributed by atoms with Crippen LogP contribution < -0.4 is 5.73 Å². The lowest BCUT2D eigenvalue weighted by Gasteiger charge is -2.03. The SMILES string of the molecule is Nc1cc(-c2cccs2)ccc1C(=O)O. The normalized spacial score (nSPS) is 10.1. The summed E-state index contributed by atoms with van der Waals surface area (Å²) in [7, 11) is 0. The van der Waals surface area contributed by atoms with Gasteiger partial charge in [-0.15, -0.1) is 11.3 Å². The number of hydrogen-bond acceptors (Lipinski definition) is 3. The summed E-state index contributed by atoms with van der Waals surface area (Å²) in [6, 6.07) is 8.91. The Hall–Kier alpha value is -1.81. The quantitative estimate of drug-likeness (QED) is 0.763. The Morgan fingerprint density at radius 1 is 1.33 bits per heavy atom. The van der Waals surface area contributed by atoms with Gasteiger partial charge in [0.15, 0.2) is 0 Å². The monoisotopic (exact) mass is 219 g/mol. The van der Waals surface area contributed by atoms with Gasteiger partial charge in [-0.1, -0.05) is 12.1 Å². The molecule has 0 unspecified atom stereocenters. The van der Waals surface area contributed by atoms with Gasteiger partial charge < -0.3 is 10.8 Å². The smallest absolute Gasteiger partial charge is 0.337 e. The van der Waals surface area contributed by atoms with Crippen LogP contribution in [0.3, 0.4) is 0 Å². The molecule has 0 aliphatic rings. The van der Waals surface area contributed by atoms with Crippen LogP contribution in [0.2, 0.25) is 0 Å². The number of aromatic carboxylic acids is 1. The molecule has 1 aromatic carbocycles. The first kappa shape index (κ1) is 9.73. The zero-order valence-corrected chi connectivity index (χ0v) is 8.62. The second-order valence-electron chi connectivity index (χ2n) is 3.08. The molecule has 2 rings (SSSR count). The van der Waals surface area contributed by atoms with E-state index < -0.39 is 5.97 Å². The molecule has 0 spiro atoms. The van der Waals surface area contributed by atoms with Gasteiger partial charge in [-0.2, -0.15) is 0 Å². The molecule has 15 heavy (non-hydrogen) atoms. The van der Waals surface area contributed by atoms with Gasteiger partial charge >= 0.3 is 5.97 Å². The summed E-state index contributed by atoms with van der Waals surface area (Å²) < 4.78 is 0. The molecule has 0 fully saturated rings. The molecule has 0 bridgehead atoms. The predicted molar refractivity (Wildman–Crippen MR) is 61.1 cm³/mol. The third kappa shape index (κ3) is 1.85. The Kier molecular flexibility index (Phi) is 2.43. The summed E-state index contributed by atoms with van der Waals surface area (Å²) in [5.74, 6) is -0.995. The van der Waals surface area contributed by atoms with Crippen LogP contribution in [-0.2, 0) is 0 Å². The third-order valence-corrected chi connectivity index (χ3v) is 3.01. The Labute approximate surface area is 90.8 Å². The number of carboxylic acid groups (broad SMARTS) is 1. The Morgan fingerprint density at radius 3 is 2.67 bits per heavy atom. The molecule has 0 saturated heterocycles. The Bertz CT molecular complexity index is 491. The highest BCUT2D eigenvalue weighted by atomic mass is 32.1. The van der Waals surface area contributed by atoms with Crippen molar-refractivity contribution in [2.24, 2.45) is 0 Å². The van der Waals surface area contributed by atoms with E-state index in [9.17, 15) is 4.79 Å². The van der Waals surface area contributed by atoms with Crippen molar-refractivity contribution in [2.75, 3.05) is 5.73 Å². The van der Waals surface area contributed by atoms with Gasteiger partial charge in [0.05, 0.1) is 5.56 Å². The van der Waals surface area contributed by atoms with Crippen LogP contribution >= 0.6 is 11.3 Å². The molecular weight excluding hydrogens is 210 g/mol. The molecule has 0 radical (unpaired) electrons. The first-order valence-corrected chi connectivity index (χ1v) is 5.23. The van der Waals surface area contributed by atoms with Crippen molar-refractivity contribution in [1.82, 2.24) is 0 Å². The van der Waals surface area contributed by atoms with Crippen molar-refractivity contribution < 1.29 is 9.90 Å². The van der Waals surface area contributed by atoms with Crippen molar-refractivity contribution in [3.63, 3.8) is 0 Å². The number of rotatable bonds is 2. The summed E-state index contributed by atoms with van der Waals surface area (Å²) >= 11 is 1.60. The lowest BCUT2D eigenvalue weighted by molar-refractivity contribution is 0.0698. The zero-order chi connectivity index (χ0) is 10.8. The van der Waals surface area contributed by atoms with Gasteiger partial charge in [0, 0.05) is 10.6 Å². The topological polar surface area (TPSA) is 63.3 Å². The van der Waals surface area contributed by atoms with E-state index in [1.54, 1.807) is 23.5 Å². The lowest BCUT2D eigenvalue weighted by atomic mass is 10.1. The van der Waals surface area contributed by atoms with Crippen LogP contribution in [0.1, 0.15) is 10.4 Å². The molecule has 0 aliphatic carbocycles. The van der Waals surface area contributed by atoms with Crippen molar-refractivity contribution in [3.05, 3.63) is 41.3 Å². The molecule has 76 valence electrons. The number of hydrogen-bond donors (Lipinski definition) is 2. The molecule has 0 saturated carbocycles. The van der Waals surface area contributed by atoms with Crippen molar-refractivity contribution >= 4 is 23.0 Å². The van der Waals surface area contributed by atoms with Gasteiger partial charge in [-0.05, 0) is 29.1 Å². The summed E-state index contributed by atoms with van der Waals surface area (Å²) in [6.07, 6.45) is 0. The second kappa shape index (κ2) is 3.74. The average Bonchev–Trinajstić information content (AvgIpc) is 2.69. The third-order valence-electron chi connectivity index (χ3n) is 2.09. The predicted octanol–water partition coefficient (Wildman–Crippen LogP) is 2.70. The maximum absolute atomic E-state index is 10.7. The van der Waals surface area contributed by atoms with Crippen molar-refractivity contribution in [3.8, 4) is 10.4 Å². The van der Waals surface area contributed by atoms with Crippen LogP contribution in [0.25, 0.3) is 10.4 Å². The van der Waals surface area contributed by atoms with Crippen LogP contribution in [0.4, 0.5) is 5.69 Å². The summed E-state index contributed by atoms with van der Waals surface area (Å²) in [5.41, 5.74) is 7.05. The van der Waals surface area contributed by atoms with Crippen LogP contribution in [0.5, 0.6) is 0 Å². The fourth-order valence-corrected chi connectivity index (χ4v) is 2.08. The van der Waals surface area contributed by atoms with Gasteiger partial charge in [0.25, 0.3) is 0 Å². The van der Waals surface area contributed by atoms with E-state index in [2.05, 4.69) is 0 Å². The Morgan fingerprint density at radius 2 is 2.13 bits per heavy atom. The van der Waals surface area contributed by atoms with Crippen LogP contribution in [0, 0.1) is 0 Å². The molecule has 0 aliphatic heterocycles. The number of anilines is 1. The number of carboxylic acids is 1. The fraction of sp³-hybridized carbons (Fsp3) is 0. The molecule has 4 heteroatoms. The number of carbonyl (C=O) groups is 1. The molecule has 0 atom stereocenters. The average molecular weight is 219 g/mol. The molecular formula is C11H9NO2S. The molecule has 3 N–H and O–H groups in total. The first-order chi connectivity index (χ1) is 7.18. The van der Waals surface area contributed by atoms with Crippen LogP contribution in [0.15, 0.2) is 35.7 Å². The fourth-order valence-electron chi connectivity index (χ4n) is 1.35. The molecule has 0 amide bonds. The van der Waals surface area contributed by atoms with Crippen molar-refractivity contribution in [2.45, 2.75) is 0 Å². The van der Waals surface area contributed by atoms with E-state index in [0.717, 1.165) is 10.4 Å². The minimum absolute atomic E-state index is 0.148. The highest BCUT2D eigenvalue weighted by Gasteiger charge is 2.08. The van der Waals surface area contributed by atoms with E-state index in [1.807, 2.05) is 17.5 Å². The highest BCUT2D eigenvalue weighted by Crippen LogP contribution is 2.27. The van der Waals surface area contributed by atoms with Gasteiger partial charge in [-0.25, -0.2) is 4.79 Å². The first-order valence-electron chi connectivity index (χ1n) is 4.35. The highest BCUT2D eigenvalue weighted by molar-refractivity contribution is 7.13. The summed E-state index contributed by atoms with van der Waals surface area (Å²) in [6.45, 7) is 0. The molecule has 1 aromatic heterocycles.